The Bertz CT molecular complexity index is 653. The number of hydrogen-bond acceptors (Lipinski definition) is 4. The predicted octanol–water partition coefficient (Wildman–Crippen LogP) is 1.46. The Hall–Kier alpha value is -1.86. The lowest BCUT2D eigenvalue weighted by molar-refractivity contribution is 0.225. The molecule has 1 aromatic heterocycles. The molecule has 2 aromatic rings. The van der Waals surface area contributed by atoms with Crippen LogP contribution in [0, 0.1) is 6.92 Å². The Kier molecular flexibility index (Phi) is 4.41. The maximum Gasteiger partial charge on any atom is 0.244 e. The van der Waals surface area contributed by atoms with Gasteiger partial charge in [-0.2, -0.15) is 5.10 Å². The van der Waals surface area contributed by atoms with E-state index in [4.69, 9.17) is 4.74 Å². The Morgan fingerprint density at radius 3 is 2.65 bits per heavy atom. The van der Waals surface area contributed by atoms with Crippen molar-refractivity contribution in [2.45, 2.75) is 24.8 Å². The predicted molar refractivity (Wildman–Crippen MR) is 75.0 cm³/mol. The number of nitrogens with one attached hydrogen (secondary N) is 2. The quantitative estimate of drug-likeness (QED) is 0.845. The van der Waals surface area contributed by atoms with Crippen molar-refractivity contribution in [1.82, 2.24) is 14.9 Å². The normalized spacial score (nSPS) is 13.1. The first-order chi connectivity index (χ1) is 9.49. The van der Waals surface area contributed by atoms with Crippen molar-refractivity contribution in [2.75, 3.05) is 6.54 Å². The summed E-state index contributed by atoms with van der Waals surface area (Å²) in [6, 6.07) is 9.26. The zero-order chi connectivity index (χ0) is 14.6. The van der Waals surface area contributed by atoms with Crippen LogP contribution in [-0.4, -0.2) is 31.3 Å². The van der Waals surface area contributed by atoms with E-state index in [-0.39, 0.29) is 17.5 Å². The van der Waals surface area contributed by atoms with Gasteiger partial charge in [-0.15, -0.1) is 0 Å². The van der Waals surface area contributed by atoms with Crippen LogP contribution in [0.2, 0.25) is 0 Å². The van der Waals surface area contributed by atoms with Crippen LogP contribution < -0.4 is 9.46 Å². The monoisotopic (exact) mass is 295 g/mol. The lowest BCUT2D eigenvalue weighted by Crippen LogP contribution is -2.33. The highest BCUT2D eigenvalue weighted by atomic mass is 32.2. The molecule has 2 rings (SSSR count). The van der Waals surface area contributed by atoms with E-state index in [1.54, 1.807) is 13.8 Å². The molecule has 0 aliphatic rings. The first-order valence-corrected chi connectivity index (χ1v) is 7.68. The van der Waals surface area contributed by atoms with Crippen LogP contribution >= 0.6 is 0 Å². The van der Waals surface area contributed by atoms with Crippen molar-refractivity contribution >= 4 is 10.0 Å². The number of aromatic amines is 1. The number of ether oxygens (including phenoxy) is 1. The van der Waals surface area contributed by atoms with Gasteiger partial charge < -0.3 is 4.74 Å². The summed E-state index contributed by atoms with van der Waals surface area (Å²) < 4.78 is 32.2. The van der Waals surface area contributed by atoms with Gasteiger partial charge in [0.05, 0.1) is 11.9 Å². The average molecular weight is 295 g/mol. The molecule has 0 bridgehead atoms. The second-order valence-corrected chi connectivity index (χ2v) is 6.19. The summed E-state index contributed by atoms with van der Waals surface area (Å²) in [7, 11) is -3.56. The van der Waals surface area contributed by atoms with E-state index >= 15 is 0 Å². The van der Waals surface area contributed by atoms with Crippen LogP contribution in [-0.2, 0) is 10.0 Å². The molecule has 108 valence electrons. The highest BCUT2D eigenvalue weighted by Gasteiger charge is 2.19. The van der Waals surface area contributed by atoms with Gasteiger partial charge in [0, 0.05) is 6.54 Å². The summed E-state index contributed by atoms with van der Waals surface area (Å²) in [5, 5.41) is 6.31. The molecule has 0 aliphatic heterocycles. The Balaban J connectivity index is 1.93. The highest BCUT2D eigenvalue weighted by molar-refractivity contribution is 7.89. The third kappa shape index (κ3) is 3.58. The van der Waals surface area contributed by atoms with Gasteiger partial charge in [-0.3, -0.25) is 5.10 Å². The first kappa shape index (κ1) is 14.5. The largest absolute Gasteiger partial charge is 0.489 e. The molecular weight excluding hydrogens is 278 g/mol. The minimum absolute atomic E-state index is 0.157. The van der Waals surface area contributed by atoms with Crippen LogP contribution in [0.3, 0.4) is 0 Å². The van der Waals surface area contributed by atoms with Crippen molar-refractivity contribution in [2.24, 2.45) is 0 Å². The lowest BCUT2D eigenvalue weighted by Gasteiger charge is -2.15. The van der Waals surface area contributed by atoms with Gasteiger partial charge in [0.1, 0.15) is 16.7 Å². The number of hydrogen-bond donors (Lipinski definition) is 2. The van der Waals surface area contributed by atoms with Gasteiger partial charge in [0.15, 0.2) is 0 Å². The summed E-state index contributed by atoms with van der Waals surface area (Å²) >= 11 is 0. The number of benzene rings is 1. The van der Waals surface area contributed by atoms with Crippen molar-refractivity contribution in [1.29, 1.82) is 0 Å². The van der Waals surface area contributed by atoms with E-state index < -0.39 is 10.0 Å². The molecule has 0 aliphatic carbocycles. The number of aryl methyl sites for hydroxylation is 1. The Morgan fingerprint density at radius 2 is 2.05 bits per heavy atom. The zero-order valence-corrected chi connectivity index (χ0v) is 12.1. The number of rotatable bonds is 6. The van der Waals surface area contributed by atoms with E-state index in [1.165, 1.54) is 6.20 Å². The van der Waals surface area contributed by atoms with Gasteiger partial charge in [0.2, 0.25) is 10.0 Å². The summed E-state index contributed by atoms with van der Waals surface area (Å²) in [4.78, 5) is 0.157. The SMILES string of the molecule is Cc1[nH]ncc1S(=O)(=O)NC[C@@H](C)Oc1ccccc1. The van der Waals surface area contributed by atoms with Gasteiger partial charge in [-0.1, -0.05) is 18.2 Å². The van der Waals surface area contributed by atoms with Crippen molar-refractivity contribution in [3.63, 3.8) is 0 Å². The second kappa shape index (κ2) is 6.06. The van der Waals surface area contributed by atoms with Gasteiger partial charge >= 0.3 is 0 Å². The van der Waals surface area contributed by atoms with Gasteiger partial charge in [0.25, 0.3) is 0 Å². The Morgan fingerprint density at radius 1 is 1.35 bits per heavy atom. The zero-order valence-electron chi connectivity index (χ0n) is 11.3. The molecule has 20 heavy (non-hydrogen) atoms. The molecule has 0 radical (unpaired) electrons. The fourth-order valence-corrected chi connectivity index (χ4v) is 2.94. The van der Waals surface area contributed by atoms with Crippen LogP contribution in [0.5, 0.6) is 5.75 Å². The van der Waals surface area contributed by atoms with Crippen molar-refractivity contribution in [3.05, 3.63) is 42.2 Å². The third-order valence-corrected chi connectivity index (χ3v) is 4.25. The van der Waals surface area contributed by atoms with Crippen LogP contribution in [0.4, 0.5) is 0 Å². The number of aromatic nitrogens is 2. The van der Waals surface area contributed by atoms with E-state index in [9.17, 15) is 8.42 Å². The number of para-hydroxylation sites is 1. The maximum absolute atomic E-state index is 12.0. The van der Waals surface area contributed by atoms with Crippen LogP contribution in [0.25, 0.3) is 0 Å². The molecule has 0 saturated heterocycles. The first-order valence-electron chi connectivity index (χ1n) is 6.20. The van der Waals surface area contributed by atoms with Crippen LogP contribution in [0.1, 0.15) is 12.6 Å². The van der Waals surface area contributed by atoms with Crippen molar-refractivity contribution < 1.29 is 13.2 Å². The molecule has 0 fully saturated rings. The highest BCUT2D eigenvalue weighted by Crippen LogP contribution is 2.12. The molecular formula is C13H17N3O3S. The second-order valence-electron chi connectivity index (χ2n) is 4.45. The molecule has 2 N–H and O–H groups in total. The topological polar surface area (TPSA) is 84.1 Å². The number of sulfonamides is 1. The minimum Gasteiger partial charge on any atom is -0.489 e. The standard InChI is InChI=1S/C13H17N3O3S/c1-10(19-12-6-4-3-5-7-12)8-15-20(17,18)13-9-14-16-11(13)2/h3-7,9-10,15H,8H2,1-2H3,(H,14,16)/t10-/m1/s1. The summed E-state index contributed by atoms with van der Waals surface area (Å²) in [6.45, 7) is 3.64. The maximum atomic E-state index is 12.0. The van der Waals surface area contributed by atoms with E-state index in [0.717, 1.165) is 0 Å². The molecule has 7 heteroatoms. The smallest absolute Gasteiger partial charge is 0.244 e. The summed E-state index contributed by atoms with van der Waals surface area (Å²) in [6.07, 6.45) is 1.01. The fourth-order valence-electron chi connectivity index (χ4n) is 1.69. The van der Waals surface area contributed by atoms with Crippen LogP contribution in [0.15, 0.2) is 41.4 Å². The fraction of sp³-hybridized carbons (Fsp3) is 0.308. The van der Waals surface area contributed by atoms with Crippen molar-refractivity contribution in [3.8, 4) is 5.75 Å². The number of nitrogens with zero attached hydrogens (tertiary/aromatic N) is 1. The summed E-state index contributed by atoms with van der Waals surface area (Å²) in [5.74, 6) is 0.707. The molecule has 1 atom stereocenters. The van der Waals surface area contributed by atoms with E-state index in [0.29, 0.717) is 11.4 Å². The molecule has 0 saturated carbocycles. The van der Waals surface area contributed by atoms with E-state index in [1.807, 2.05) is 30.3 Å². The Labute approximate surface area is 118 Å². The van der Waals surface area contributed by atoms with E-state index in [2.05, 4.69) is 14.9 Å². The minimum atomic E-state index is -3.56. The third-order valence-electron chi connectivity index (χ3n) is 2.71. The molecule has 1 heterocycles. The molecule has 1 aromatic carbocycles. The number of H-pyrrole nitrogens is 1. The molecule has 0 amide bonds. The summed E-state index contributed by atoms with van der Waals surface area (Å²) in [5.41, 5.74) is 0.508. The lowest BCUT2D eigenvalue weighted by atomic mass is 10.3. The average Bonchev–Trinajstić information content (AvgIpc) is 2.85. The molecule has 0 unspecified atom stereocenters. The van der Waals surface area contributed by atoms with Gasteiger partial charge in [-0.25, -0.2) is 13.1 Å². The molecule has 6 nitrogen and oxygen atoms in total. The van der Waals surface area contributed by atoms with Gasteiger partial charge in [-0.05, 0) is 26.0 Å². The molecule has 0 spiro atoms.